The Morgan fingerprint density at radius 1 is 1.47 bits per heavy atom. The number of rotatable bonds is 6. The van der Waals surface area contributed by atoms with Crippen molar-refractivity contribution in [1.29, 1.82) is 0 Å². The van der Waals surface area contributed by atoms with Gasteiger partial charge in [0.05, 0.1) is 12.9 Å². The van der Waals surface area contributed by atoms with Crippen LogP contribution in [0.4, 0.5) is 0 Å². The zero-order chi connectivity index (χ0) is 11.8. The second-order valence-corrected chi connectivity index (χ2v) is 3.00. The van der Waals surface area contributed by atoms with E-state index in [2.05, 4.69) is 6.58 Å². The van der Waals surface area contributed by atoms with Crippen LogP contribution in [0.5, 0.6) is 0 Å². The normalized spacial score (nSPS) is 12.9. The quantitative estimate of drug-likeness (QED) is 0.220. The van der Waals surface area contributed by atoms with E-state index in [0.29, 0.717) is 5.76 Å². The van der Waals surface area contributed by atoms with Crippen molar-refractivity contribution >= 4 is 11.8 Å². The van der Waals surface area contributed by atoms with Crippen LogP contribution in [0.2, 0.25) is 0 Å². The van der Waals surface area contributed by atoms with Crippen molar-refractivity contribution in [3.63, 3.8) is 0 Å². The summed E-state index contributed by atoms with van der Waals surface area (Å²) in [7, 11) is 1.46. The predicted octanol–water partition coefficient (Wildman–Crippen LogP) is 1.47. The highest BCUT2D eigenvalue weighted by Gasteiger charge is 2.21. The summed E-state index contributed by atoms with van der Waals surface area (Å²) in [6, 6.07) is 0. The minimum Gasteiger partial charge on any atom is -0.501 e. The Kier molecular flexibility index (Phi) is 6.09. The molecule has 84 valence electrons. The molecule has 0 fully saturated rings. The average Bonchev–Trinajstić information content (AvgIpc) is 2.24. The highest BCUT2D eigenvalue weighted by Crippen LogP contribution is 2.04. The van der Waals surface area contributed by atoms with Gasteiger partial charge in [-0.15, -0.1) is 0 Å². The van der Waals surface area contributed by atoms with E-state index < -0.39 is 11.9 Å². The van der Waals surface area contributed by atoms with Crippen LogP contribution >= 0.6 is 0 Å². The van der Waals surface area contributed by atoms with Gasteiger partial charge >= 0.3 is 5.97 Å². The minimum atomic E-state index is -0.810. The van der Waals surface area contributed by atoms with Gasteiger partial charge in [0.2, 0.25) is 0 Å². The van der Waals surface area contributed by atoms with Gasteiger partial charge in [-0.25, -0.2) is 0 Å². The molecule has 1 atom stereocenters. The molecule has 0 radical (unpaired) electrons. The molecule has 0 aliphatic rings. The van der Waals surface area contributed by atoms with E-state index in [0.717, 1.165) is 0 Å². The number of ketones is 1. The first kappa shape index (κ1) is 13.4. The Bertz CT molecular complexity index is 278. The summed E-state index contributed by atoms with van der Waals surface area (Å²) in [4.78, 5) is 22.7. The van der Waals surface area contributed by atoms with Gasteiger partial charge < -0.3 is 9.47 Å². The fourth-order valence-electron chi connectivity index (χ4n) is 0.766. The van der Waals surface area contributed by atoms with Crippen molar-refractivity contribution < 1.29 is 19.1 Å². The summed E-state index contributed by atoms with van der Waals surface area (Å²) < 4.78 is 9.55. The number of hydrogen-bond donors (Lipinski definition) is 0. The molecule has 0 N–H and O–H groups in total. The first-order valence-corrected chi connectivity index (χ1v) is 4.56. The molecule has 0 bridgehead atoms. The van der Waals surface area contributed by atoms with E-state index in [1.54, 1.807) is 6.92 Å². The third kappa shape index (κ3) is 5.00. The van der Waals surface area contributed by atoms with Gasteiger partial charge in [0.1, 0.15) is 12.5 Å². The number of esters is 1. The van der Waals surface area contributed by atoms with E-state index in [1.165, 1.54) is 26.2 Å². The molecular weight excluding hydrogens is 196 g/mol. The Morgan fingerprint density at radius 2 is 2.07 bits per heavy atom. The predicted molar refractivity (Wildman–Crippen MR) is 56.1 cm³/mol. The van der Waals surface area contributed by atoms with Gasteiger partial charge in [0.15, 0.2) is 5.78 Å². The third-order valence-electron chi connectivity index (χ3n) is 1.79. The van der Waals surface area contributed by atoms with Crippen LogP contribution < -0.4 is 0 Å². The van der Waals surface area contributed by atoms with Crippen molar-refractivity contribution in [2.24, 2.45) is 5.92 Å². The van der Waals surface area contributed by atoms with E-state index >= 15 is 0 Å². The van der Waals surface area contributed by atoms with Gasteiger partial charge in [-0.3, -0.25) is 9.59 Å². The van der Waals surface area contributed by atoms with Crippen LogP contribution in [0.1, 0.15) is 13.8 Å². The Hall–Kier alpha value is -1.58. The van der Waals surface area contributed by atoms with Gasteiger partial charge in [-0.05, 0) is 13.8 Å². The second kappa shape index (κ2) is 6.81. The molecule has 15 heavy (non-hydrogen) atoms. The summed E-state index contributed by atoms with van der Waals surface area (Å²) in [5, 5.41) is 0. The summed E-state index contributed by atoms with van der Waals surface area (Å²) in [6.45, 7) is 6.65. The SMILES string of the molecule is C=CCOC(=O)[C@@H](C)C(=O)/C=C(\C)OC. The van der Waals surface area contributed by atoms with Gasteiger partial charge in [0, 0.05) is 6.08 Å². The highest BCUT2D eigenvalue weighted by atomic mass is 16.5. The van der Waals surface area contributed by atoms with Crippen molar-refractivity contribution in [1.82, 2.24) is 0 Å². The topological polar surface area (TPSA) is 52.6 Å². The van der Waals surface area contributed by atoms with E-state index in [1.807, 2.05) is 0 Å². The van der Waals surface area contributed by atoms with Crippen LogP contribution in [0, 0.1) is 5.92 Å². The molecule has 0 rings (SSSR count). The standard InChI is InChI=1S/C11H16O4/c1-5-6-15-11(13)9(3)10(12)7-8(2)14-4/h5,7,9H,1,6H2,2-4H3/b8-7+/t9-/m0/s1. The van der Waals surface area contributed by atoms with Gasteiger partial charge in [-0.1, -0.05) is 12.7 Å². The maximum atomic E-state index is 11.4. The fraction of sp³-hybridized carbons (Fsp3) is 0.455. The molecule has 0 spiro atoms. The lowest BCUT2D eigenvalue weighted by Gasteiger charge is -2.07. The Labute approximate surface area is 89.6 Å². The van der Waals surface area contributed by atoms with Gasteiger partial charge in [0.25, 0.3) is 0 Å². The van der Waals surface area contributed by atoms with Crippen LogP contribution in [-0.2, 0) is 19.1 Å². The number of hydrogen-bond acceptors (Lipinski definition) is 4. The lowest BCUT2D eigenvalue weighted by molar-refractivity contribution is -0.149. The molecule has 4 heteroatoms. The first-order valence-electron chi connectivity index (χ1n) is 4.56. The molecule has 0 aromatic heterocycles. The number of carbonyl (C=O) groups excluding carboxylic acids is 2. The molecular formula is C11H16O4. The Morgan fingerprint density at radius 3 is 2.53 bits per heavy atom. The van der Waals surface area contributed by atoms with Crippen LogP contribution in [0.3, 0.4) is 0 Å². The van der Waals surface area contributed by atoms with E-state index in [4.69, 9.17) is 9.47 Å². The monoisotopic (exact) mass is 212 g/mol. The molecule has 0 aliphatic carbocycles. The molecule has 4 nitrogen and oxygen atoms in total. The third-order valence-corrected chi connectivity index (χ3v) is 1.79. The first-order chi connectivity index (χ1) is 7.02. The summed E-state index contributed by atoms with van der Waals surface area (Å²) in [5.41, 5.74) is 0. The highest BCUT2D eigenvalue weighted by molar-refractivity contribution is 6.04. The van der Waals surface area contributed by atoms with Crippen LogP contribution in [-0.4, -0.2) is 25.5 Å². The largest absolute Gasteiger partial charge is 0.501 e. The summed E-state index contributed by atoms with van der Waals surface area (Å²) >= 11 is 0. The van der Waals surface area contributed by atoms with Crippen molar-refractivity contribution in [2.75, 3.05) is 13.7 Å². The molecule has 0 aromatic carbocycles. The number of methoxy groups -OCH3 is 1. The number of ether oxygens (including phenoxy) is 2. The zero-order valence-electron chi connectivity index (χ0n) is 9.28. The minimum absolute atomic E-state index is 0.115. The van der Waals surface area contributed by atoms with Crippen molar-refractivity contribution in [3.8, 4) is 0 Å². The van der Waals surface area contributed by atoms with Crippen LogP contribution in [0.25, 0.3) is 0 Å². The van der Waals surface area contributed by atoms with Crippen molar-refractivity contribution in [3.05, 3.63) is 24.5 Å². The molecule has 0 aliphatic heterocycles. The zero-order valence-corrected chi connectivity index (χ0v) is 9.28. The number of carbonyl (C=O) groups is 2. The molecule has 0 saturated carbocycles. The molecule has 0 aromatic rings. The maximum Gasteiger partial charge on any atom is 0.316 e. The molecule has 0 heterocycles. The number of allylic oxidation sites excluding steroid dienone is 2. The Balaban J connectivity index is 4.31. The van der Waals surface area contributed by atoms with E-state index in [-0.39, 0.29) is 12.4 Å². The molecule has 0 amide bonds. The fourth-order valence-corrected chi connectivity index (χ4v) is 0.766. The molecule has 0 saturated heterocycles. The summed E-state index contributed by atoms with van der Waals surface area (Å²) in [6.07, 6.45) is 2.73. The smallest absolute Gasteiger partial charge is 0.316 e. The lowest BCUT2D eigenvalue weighted by atomic mass is 10.1. The maximum absolute atomic E-state index is 11.4. The summed E-state index contributed by atoms with van der Waals surface area (Å²) in [5.74, 6) is -1.23. The average molecular weight is 212 g/mol. The lowest BCUT2D eigenvalue weighted by Crippen LogP contribution is -2.22. The van der Waals surface area contributed by atoms with Gasteiger partial charge in [-0.2, -0.15) is 0 Å². The van der Waals surface area contributed by atoms with Crippen molar-refractivity contribution in [2.45, 2.75) is 13.8 Å². The van der Waals surface area contributed by atoms with E-state index in [9.17, 15) is 9.59 Å². The van der Waals surface area contributed by atoms with Crippen LogP contribution in [0.15, 0.2) is 24.5 Å². The molecule has 0 unspecified atom stereocenters. The second-order valence-electron chi connectivity index (χ2n) is 3.00.